The lowest BCUT2D eigenvalue weighted by molar-refractivity contribution is 0.0161. The Hall–Kier alpha value is -3.40. The fraction of sp³-hybridized carbons (Fsp3) is 0.250. The molecule has 8 nitrogen and oxygen atoms in total. The zero-order chi connectivity index (χ0) is 23.5. The summed E-state index contributed by atoms with van der Waals surface area (Å²) in [5.74, 6) is -0.277. The minimum Gasteiger partial charge on any atom is -0.379 e. The number of rotatable bonds is 6. The van der Waals surface area contributed by atoms with Crippen LogP contribution in [0.3, 0.4) is 0 Å². The molecule has 1 N–H and O–H groups in total. The Bertz CT molecular complexity index is 1310. The molecule has 34 heavy (non-hydrogen) atoms. The number of nitrogens with zero attached hydrogens (tertiary/aromatic N) is 5. The molecular weight excluding hydrogens is 459 g/mol. The first-order chi connectivity index (χ1) is 16.6. The number of morpholine rings is 1. The van der Waals surface area contributed by atoms with E-state index in [4.69, 9.17) is 16.3 Å². The average molecular weight is 481 g/mol. The monoisotopic (exact) mass is 480 g/mol. The topological polar surface area (TPSA) is 85.2 Å². The first-order valence-electron chi connectivity index (χ1n) is 10.9. The Kier molecular flexibility index (Phi) is 6.48. The van der Waals surface area contributed by atoms with Gasteiger partial charge >= 0.3 is 0 Å². The number of aromatic nitrogens is 4. The zero-order valence-electron chi connectivity index (χ0n) is 18.2. The molecule has 0 bridgehead atoms. The summed E-state index contributed by atoms with van der Waals surface area (Å²) in [6.07, 6.45) is 7.76. The van der Waals surface area contributed by atoms with Crippen LogP contribution in [0.5, 0.6) is 0 Å². The van der Waals surface area contributed by atoms with Crippen molar-refractivity contribution in [2.45, 2.75) is 6.04 Å². The van der Waals surface area contributed by atoms with Crippen molar-refractivity contribution in [3.05, 3.63) is 83.3 Å². The van der Waals surface area contributed by atoms with Gasteiger partial charge < -0.3 is 10.1 Å². The summed E-state index contributed by atoms with van der Waals surface area (Å²) >= 11 is 6.50. The van der Waals surface area contributed by atoms with Crippen LogP contribution in [0.4, 0.5) is 4.39 Å². The highest BCUT2D eigenvalue weighted by Crippen LogP contribution is 2.30. The molecule has 0 spiro atoms. The Morgan fingerprint density at radius 1 is 1.18 bits per heavy atom. The molecule has 1 saturated heterocycles. The molecule has 1 aliphatic heterocycles. The van der Waals surface area contributed by atoms with Crippen molar-refractivity contribution in [3.8, 4) is 5.95 Å². The van der Waals surface area contributed by atoms with Gasteiger partial charge in [-0.25, -0.2) is 14.4 Å². The van der Waals surface area contributed by atoms with Crippen LogP contribution in [0.15, 0.2) is 61.3 Å². The molecule has 0 aliphatic carbocycles. The highest BCUT2D eigenvalue weighted by atomic mass is 35.5. The fourth-order valence-electron chi connectivity index (χ4n) is 4.24. The van der Waals surface area contributed by atoms with E-state index in [1.54, 1.807) is 41.5 Å². The maximum Gasteiger partial charge on any atom is 0.253 e. The Labute approximate surface area is 200 Å². The van der Waals surface area contributed by atoms with E-state index in [2.05, 4.69) is 25.2 Å². The Morgan fingerprint density at radius 2 is 1.97 bits per heavy atom. The predicted octanol–water partition coefficient (Wildman–Crippen LogP) is 3.41. The summed E-state index contributed by atoms with van der Waals surface area (Å²) < 4.78 is 21.1. The van der Waals surface area contributed by atoms with Crippen LogP contribution in [0.2, 0.25) is 5.02 Å². The maximum absolute atomic E-state index is 13.9. The number of carbonyl (C=O) groups is 1. The van der Waals surface area contributed by atoms with Crippen LogP contribution >= 0.6 is 11.6 Å². The largest absolute Gasteiger partial charge is 0.379 e. The number of ether oxygens (including phenoxy) is 1. The molecule has 0 radical (unpaired) electrons. The van der Waals surface area contributed by atoms with Gasteiger partial charge in [-0.3, -0.25) is 19.2 Å². The lowest BCUT2D eigenvalue weighted by Gasteiger charge is -2.34. The Balaban J connectivity index is 1.46. The van der Waals surface area contributed by atoms with Gasteiger partial charge in [-0.15, -0.1) is 0 Å². The summed E-state index contributed by atoms with van der Waals surface area (Å²) in [4.78, 5) is 28.1. The molecule has 4 aromatic rings. The van der Waals surface area contributed by atoms with Crippen LogP contribution in [0.25, 0.3) is 16.9 Å². The van der Waals surface area contributed by atoms with E-state index >= 15 is 0 Å². The summed E-state index contributed by atoms with van der Waals surface area (Å²) in [7, 11) is 0. The van der Waals surface area contributed by atoms with Crippen molar-refractivity contribution in [2.24, 2.45) is 0 Å². The number of hydrogen-bond donors (Lipinski definition) is 1. The normalized spacial score (nSPS) is 15.4. The number of carbonyl (C=O) groups excluding carboxylic acids is 1. The van der Waals surface area contributed by atoms with Crippen LogP contribution < -0.4 is 5.32 Å². The minimum absolute atomic E-state index is 0.252. The first kappa shape index (κ1) is 22.4. The van der Waals surface area contributed by atoms with E-state index in [9.17, 15) is 9.18 Å². The molecule has 1 fully saturated rings. The lowest BCUT2D eigenvalue weighted by atomic mass is 10.1. The molecule has 1 aromatic carbocycles. The van der Waals surface area contributed by atoms with Crippen molar-refractivity contribution < 1.29 is 13.9 Å². The van der Waals surface area contributed by atoms with Gasteiger partial charge in [0.15, 0.2) is 0 Å². The number of benzene rings is 1. The second kappa shape index (κ2) is 9.84. The maximum atomic E-state index is 13.9. The van der Waals surface area contributed by atoms with Gasteiger partial charge in [0.2, 0.25) is 5.95 Å². The second-order valence-corrected chi connectivity index (χ2v) is 8.31. The fourth-order valence-corrected chi connectivity index (χ4v) is 4.51. The van der Waals surface area contributed by atoms with Crippen LogP contribution in [0, 0.1) is 5.82 Å². The molecule has 1 atom stereocenters. The first-order valence-corrected chi connectivity index (χ1v) is 11.3. The van der Waals surface area contributed by atoms with E-state index < -0.39 is 5.82 Å². The van der Waals surface area contributed by atoms with Gasteiger partial charge in [0, 0.05) is 49.8 Å². The highest BCUT2D eigenvalue weighted by Gasteiger charge is 2.25. The Morgan fingerprint density at radius 3 is 2.74 bits per heavy atom. The molecule has 0 saturated carbocycles. The van der Waals surface area contributed by atoms with E-state index in [0.717, 1.165) is 5.52 Å². The quantitative estimate of drug-likeness (QED) is 0.455. The number of nitrogens with one attached hydrogen (secondary N) is 1. The predicted molar refractivity (Wildman–Crippen MR) is 126 cm³/mol. The molecule has 1 aliphatic rings. The van der Waals surface area contributed by atoms with Crippen LogP contribution in [-0.2, 0) is 4.74 Å². The van der Waals surface area contributed by atoms with Crippen molar-refractivity contribution in [1.29, 1.82) is 0 Å². The number of hydrogen-bond acceptors (Lipinski definition) is 6. The van der Waals surface area contributed by atoms with Crippen molar-refractivity contribution in [2.75, 3.05) is 32.8 Å². The minimum atomic E-state index is -0.417. The molecule has 4 heterocycles. The highest BCUT2D eigenvalue weighted by molar-refractivity contribution is 6.37. The molecule has 10 heteroatoms. The van der Waals surface area contributed by atoms with Gasteiger partial charge in [0.25, 0.3) is 5.91 Å². The third-order valence-corrected chi connectivity index (χ3v) is 6.16. The summed E-state index contributed by atoms with van der Waals surface area (Å²) in [5, 5.41) is 4.08. The molecule has 5 rings (SSSR count). The molecule has 1 amide bonds. The number of halogens is 2. The number of amides is 1. The number of fused-ring (bicyclic) bond motifs is 1. The standard InChI is InChI=1S/C24H22ClFN6O2/c25-19-3-1-4-20-22(19)18(15-32(20)24-28-5-2-6-29-24)23(33)30-14-21(31-7-9-34-10-8-31)16-11-17(26)13-27-12-16/h1-6,11-13,15,21H,7-10,14H2,(H,30,33). The van der Waals surface area contributed by atoms with Crippen molar-refractivity contribution >= 4 is 28.4 Å². The lowest BCUT2D eigenvalue weighted by Crippen LogP contribution is -2.43. The van der Waals surface area contributed by atoms with Gasteiger partial charge in [-0.1, -0.05) is 17.7 Å². The molecule has 174 valence electrons. The molecular formula is C24H22ClFN6O2. The van der Waals surface area contributed by atoms with Gasteiger partial charge in [-0.2, -0.15) is 0 Å². The second-order valence-electron chi connectivity index (χ2n) is 7.91. The van der Waals surface area contributed by atoms with Crippen molar-refractivity contribution in [3.63, 3.8) is 0 Å². The third-order valence-electron chi connectivity index (χ3n) is 5.84. The summed E-state index contributed by atoms with van der Waals surface area (Å²) in [6, 6.07) is 8.35. The zero-order valence-corrected chi connectivity index (χ0v) is 19.0. The molecule has 1 unspecified atom stereocenters. The summed E-state index contributed by atoms with van der Waals surface area (Å²) in [6.45, 7) is 2.77. The third kappa shape index (κ3) is 4.50. The van der Waals surface area contributed by atoms with E-state index in [-0.39, 0.29) is 18.5 Å². The number of pyridine rings is 1. The van der Waals surface area contributed by atoms with E-state index in [1.165, 1.54) is 12.3 Å². The average Bonchev–Trinajstić information content (AvgIpc) is 3.27. The van der Waals surface area contributed by atoms with E-state index in [1.807, 2.05) is 12.1 Å². The smallest absolute Gasteiger partial charge is 0.253 e. The van der Waals surface area contributed by atoms with E-state index in [0.29, 0.717) is 53.8 Å². The van der Waals surface area contributed by atoms with Gasteiger partial charge in [0.1, 0.15) is 5.82 Å². The van der Waals surface area contributed by atoms with Gasteiger partial charge in [-0.05, 0) is 29.8 Å². The van der Waals surface area contributed by atoms with Crippen LogP contribution in [-0.4, -0.2) is 63.2 Å². The molecule has 3 aromatic heterocycles. The van der Waals surface area contributed by atoms with Crippen LogP contribution in [0.1, 0.15) is 22.0 Å². The summed E-state index contributed by atoms with van der Waals surface area (Å²) in [5.41, 5.74) is 1.83. The van der Waals surface area contributed by atoms with Crippen molar-refractivity contribution in [1.82, 2.24) is 29.7 Å². The van der Waals surface area contributed by atoms with Gasteiger partial charge in [0.05, 0.1) is 41.6 Å². The SMILES string of the molecule is O=C(NCC(c1cncc(F)c1)N1CCOCC1)c1cn(-c2ncccn2)c2cccc(Cl)c12.